The average molecular weight is 246 g/mol. The third-order valence-electron chi connectivity index (χ3n) is 2.57. The van der Waals surface area contributed by atoms with E-state index in [1.54, 1.807) is 13.2 Å². The fraction of sp³-hybridized carbons (Fsp3) is 0.214. The molecule has 0 fully saturated rings. The number of carbonyl (C=O) groups is 1. The molecule has 0 spiro atoms. The SMILES string of the molecule is COc1csc(C(=O)Cc2ccc(C)cc2)c1. The predicted molar refractivity (Wildman–Crippen MR) is 70.1 cm³/mol. The van der Waals surface area contributed by atoms with Gasteiger partial charge < -0.3 is 4.74 Å². The Bertz CT molecular complexity index is 511. The van der Waals surface area contributed by atoms with Gasteiger partial charge in [-0.15, -0.1) is 11.3 Å². The molecular weight excluding hydrogens is 232 g/mol. The summed E-state index contributed by atoms with van der Waals surface area (Å²) in [7, 11) is 1.61. The minimum atomic E-state index is 0.141. The minimum absolute atomic E-state index is 0.141. The third kappa shape index (κ3) is 2.94. The summed E-state index contributed by atoms with van der Waals surface area (Å²) in [5.74, 6) is 0.893. The molecule has 0 atom stereocenters. The first-order chi connectivity index (χ1) is 8.19. The standard InChI is InChI=1S/C14H14O2S/c1-10-3-5-11(6-4-10)7-13(15)14-8-12(16-2)9-17-14/h3-6,8-9H,7H2,1-2H3. The van der Waals surface area contributed by atoms with E-state index in [2.05, 4.69) is 0 Å². The lowest BCUT2D eigenvalue weighted by Crippen LogP contribution is -2.00. The highest BCUT2D eigenvalue weighted by atomic mass is 32.1. The number of thiophene rings is 1. The molecule has 2 rings (SSSR count). The summed E-state index contributed by atoms with van der Waals surface area (Å²) >= 11 is 1.43. The molecule has 0 saturated carbocycles. The lowest BCUT2D eigenvalue weighted by Gasteiger charge is -1.99. The van der Waals surface area contributed by atoms with Crippen molar-refractivity contribution in [2.75, 3.05) is 7.11 Å². The van der Waals surface area contributed by atoms with Gasteiger partial charge in [0.15, 0.2) is 5.78 Å². The van der Waals surface area contributed by atoms with E-state index in [-0.39, 0.29) is 5.78 Å². The van der Waals surface area contributed by atoms with Gasteiger partial charge in [-0.1, -0.05) is 29.8 Å². The molecule has 1 aromatic carbocycles. The van der Waals surface area contributed by atoms with Crippen molar-refractivity contribution in [1.29, 1.82) is 0 Å². The first-order valence-corrected chi connectivity index (χ1v) is 6.28. The summed E-state index contributed by atoms with van der Waals surface area (Å²) in [5.41, 5.74) is 2.26. The molecule has 0 aliphatic rings. The van der Waals surface area contributed by atoms with Crippen LogP contribution in [-0.4, -0.2) is 12.9 Å². The molecule has 2 aromatic rings. The van der Waals surface area contributed by atoms with Crippen LogP contribution in [0.4, 0.5) is 0 Å². The Morgan fingerprint density at radius 1 is 1.29 bits per heavy atom. The van der Waals surface area contributed by atoms with Crippen molar-refractivity contribution in [3.8, 4) is 5.75 Å². The van der Waals surface area contributed by atoms with E-state index in [1.165, 1.54) is 16.9 Å². The van der Waals surface area contributed by atoms with Gasteiger partial charge in [-0.05, 0) is 12.5 Å². The molecule has 0 saturated heterocycles. The topological polar surface area (TPSA) is 26.3 Å². The number of hydrogen-bond acceptors (Lipinski definition) is 3. The molecule has 17 heavy (non-hydrogen) atoms. The van der Waals surface area contributed by atoms with Crippen LogP contribution in [0.2, 0.25) is 0 Å². The Morgan fingerprint density at radius 3 is 2.59 bits per heavy atom. The number of hydrogen-bond donors (Lipinski definition) is 0. The Kier molecular flexibility index (Phi) is 3.59. The van der Waals surface area contributed by atoms with Crippen LogP contribution < -0.4 is 4.74 Å². The highest BCUT2D eigenvalue weighted by molar-refractivity contribution is 7.12. The van der Waals surface area contributed by atoms with E-state index in [4.69, 9.17) is 4.74 Å². The summed E-state index contributed by atoms with van der Waals surface area (Å²) in [6.45, 7) is 2.04. The lowest BCUT2D eigenvalue weighted by molar-refractivity contribution is 0.0996. The van der Waals surface area contributed by atoms with E-state index in [0.29, 0.717) is 6.42 Å². The molecule has 1 heterocycles. The number of aryl methyl sites for hydroxylation is 1. The Labute approximate surface area is 105 Å². The van der Waals surface area contributed by atoms with Gasteiger partial charge in [-0.2, -0.15) is 0 Å². The van der Waals surface area contributed by atoms with Crippen molar-refractivity contribution >= 4 is 17.1 Å². The fourth-order valence-electron chi connectivity index (χ4n) is 1.55. The van der Waals surface area contributed by atoms with Crippen LogP contribution in [0.15, 0.2) is 35.7 Å². The highest BCUT2D eigenvalue weighted by Crippen LogP contribution is 2.22. The molecule has 0 unspecified atom stereocenters. The number of methoxy groups -OCH3 is 1. The summed E-state index contributed by atoms with van der Waals surface area (Å²) < 4.78 is 5.07. The maximum Gasteiger partial charge on any atom is 0.177 e. The average Bonchev–Trinajstić information content (AvgIpc) is 2.81. The molecule has 0 amide bonds. The van der Waals surface area contributed by atoms with Gasteiger partial charge in [0.1, 0.15) is 5.75 Å². The van der Waals surface area contributed by atoms with Crippen LogP contribution in [0, 0.1) is 6.92 Å². The summed E-state index contributed by atoms with van der Waals surface area (Å²) in [6, 6.07) is 9.84. The number of Topliss-reactive ketones (excluding diaryl/α,β-unsaturated/α-hetero) is 1. The molecule has 2 nitrogen and oxygen atoms in total. The summed E-state index contributed by atoms with van der Waals surface area (Å²) in [4.78, 5) is 12.7. The molecule has 1 aromatic heterocycles. The molecule has 0 N–H and O–H groups in total. The van der Waals surface area contributed by atoms with Crippen molar-refractivity contribution in [3.05, 3.63) is 51.7 Å². The van der Waals surface area contributed by atoms with Crippen molar-refractivity contribution in [2.45, 2.75) is 13.3 Å². The first kappa shape index (κ1) is 11.9. The summed E-state index contributed by atoms with van der Waals surface area (Å²) in [5, 5.41) is 1.85. The molecule has 0 aliphatic heterocycles. The van der Waals surface area contributed by atoms with Gasteiger partial charge in [0.05, 0.1) is 12.0 Å². The van der Waals surface area contributed by atoms with Crippen molar-refractivity contribution < 1.29 is 9.53 Å². The maximum absolute atomic E-state index is 12.0. The zero-order chi connectivity index (χ0) is 12.3. The van der Waals surface area contributed by atoms with E-state index in [1.807, 2.05) is 36.6 Å². The second-order valence-electron chi connectivity index (χ2n) is 3.94. The fourth-order valence-corrected chi connectivity index (χ4v) is 2.35. The van der Waals surface area contributed by atoms with Crippen molar-refractivity contribution in [2.24, 2.45) is 0 Å². The molecule has 0 radical (unpaired) electrons. The molecular formula is C14H14O2S. The maximum atomic E-state index is 12.0. The van der Waals surface area contributed by atoms with Gasteiger partial charge in [0, 0.05) is 17.9 Å². The number of ether oxygens (including phenoxy) is 1. The monoisotopic (exact) mass is 246 g/mol. The van der Waals surface area contributed by atoms with Gasteiger partial charge in [-0.25, -0.2) is 0 Å². The normalized spacial score (nSPS) is 10.2. The highest BCUT2D eigenvalue weighted by Gasteiger charge is 2.10. The molecule has 88 valence electrons. The van der Waals surface area contributed by atoms with E-state index < -0.39 is 0 Å². The van der Waals surface area contributed by atoms with Crippen LogP contribution in [0.3, 0.4) is 0 Å². The van der Waals surface area contributed by atoms with E-state index >= 15 is 0 Å². The number of ketones is 1. The Balaban J connectivity index is 2.08. The molecule has 3 heteroatoms. The largest absolute Gasteiger partial charge is 0.496 e. The predicted octanol–water partition coefficient (Wildman–Crippen LogP) is 3.49. The summed E-state index contributed by atoms with van der Waals surface area (Å²) in [6.07, 6.45) is 0.448. The number of rotatable bonds is 4. The van der Waals surface area contributed by atoms with Gasteiger partial charge in [0.2, 0.25) is 0 Å². The Hall–Kier alpha value is -1.61. The second-order valence-corrected chi connectivity index (χ2v) is 4.85. The minimum Gasteiger partial charge on any atom is -0.496 e. The van der Waals surface area contributed by atoms with Crippen molar-refractivity contribution in [1.82, 2.24) is 0 Å². The zero-order valence-electron chi connectivity index (χ0n) is 9.90. The van der Waals surface area contributed by atoms with Gasteiger partial charge in [0.25, 0.3) is 0 Å². The van der Waals surface area contributed by atoms with Crippen LogP contribution in [0.1, 0.15) is 20.8 Å². The third-order valence-corrected chi connectivity index (χ3v) is 3.52. The van der Waals surface area contributed by atoms with Crippen molar-refractivity contribution in [3.63, 3.8) is 0 Å². The molecule has 0 aliphatic carbocycles. The van der Waals surface area contributed by atoms with Crippen LogP contribution in [0.5, 0.6) is 5.75 Å². The van der Waals surface area contributed by atoms with Crippen LogP contribution in [0.25, 0.3) is 0 Å². The lowest BCUT2D eigenvalue weighted by atomic mass is 10.1. The first-order valence-electron chi connectivity index (χ1n) is 5.40. The second kappa shape index (κ2) is 5.15. The van der Waals surface area contributed by atoms with Crippen LogP contribution in [-0.2, 0) is 6.42 Å². The van der Waals surface area contributed by atoms with E-state index in [0.717, 1.165) is 16.2 Å². The van der Waals surface area contributed by atoms with Crippen LogP contribution >= 0.6 is 11.3 Å². The zero-order valence-corrected chi connectivity index (χ0v) is 10.7. The van der Waals surface area contributed by atoms with E-state index in [9.17, 15) is 4.79 Å². The van der Waals surface area contributed by atoms with Gasteiger partial charge >= 0.3 is 0 Å². The Morgan fingerprint density at radius 2 is 2.00 bits per heavy atom. The van der Waals surface area contributed by atoms with Gasteiger partial charge in [-0.3, -0.25) is 4.79 Å². The smallest absolute Gasteiger partial charge is 0.177 e. The molecule has 0 bridgehead atoms. The number of carbonyl (C=O) groups excluding carboxylic acids is 1. The number of benzene rings is 1. The quantitative estimate of drug-likeness (QED) is 0.772.